The Labute approximate surface area is 319 Å². The lowest BCUT2D eigenvalue weighted by Gasteiger charge is -2.17. The summed E-state index contributed by atoms with van der Waals surface area (Å²) in [6.07, 6.45) is 6.33. The van der Waals surface area contributed by atoms with Crippen molar-refractivity contribution in [3.8, 4) is 34.6 Å². The van der Waals surface area contributed by atoms with E-state index in [2.05, 4.69) is 124 Å². The molecule has 6 nitrogen and oxygen atoms in total. The molecule has 0 spiro atoms. The molecule has 1 aliphatic rings. The number of aromatic nitrogens is 2. The first-order valence-corrected chi connectivity index (χ1v) is 18.8. The van der Waals surface area contributed by atoms with Crippen molar-refractivity contribution in [3.63, 3.8) is 0 Å². The zero-order valence-corrected chi connectivity index (χ0v) is 29.9. The van der Waals surface area contributed by atoms with E-state index in [0.717, 1.165) is 112 Å². The van der Waals surface area contributed by atoms with Gasteiger partial charge in [0.05, 0.1) is 38.9 Å². The number of nitrogens with zero attached hydrogens (tertiary/aromatic N) is 4. The summed E-state index contributed by atoms with van der Waals surface area (Å²) in [6.45, 7) is 0. The van der Waals surface area contributed by atoms with Crippen LogP contribution in [0.5, 0.6) is 0 Å². The lowest BCUT2D eigenvalue weighted by molar-refractivity contribution is 0.546. The van der Waals surface area contributed by atoms with Crippen LogP contribution >= 0.6 is 0 Å². The number of rotatable bonds is 3. The number of furan rings is 2. The van der Waals surface area contributed by atoms with E-state index >= 15 is 0 Å². The van der Waals surface area contributed by atoms with Crippen molar-refractivity contribution in [1.29, 1.82) is 10.5 Å². The van der Waals surface area contributed by atoms with Crippen LogP contribution in [0.15, 0.2) is 148 Å². The highest BCUT2D eigenvalue weighted by atomic mass is 16.3. The van der Waals surface area contributed by atoms with Crippen LogP contribution in [0.3, 0.4) is 0 Å². The van der Waals surface area contributed by atoms with Crippen LogP contribution < -0.4 is 0 Å². The summed E-state index contributed by atoms with van der Waals surface area (Å²) in [7, 11) is 0. The summed E-state index contributed by atoms with van der Waals surface area (Å²) in [4.78, 5) is 0. The van der Waals surface area contributed by atoms with Crippen molar-refractivity contribution in [2.75, 3.05) is 0 Å². The number of fused-ring (bicyclic) bond motifs is 12. The van der Waals surface area contributed by atoms with Gasteiger partial charge in [-0.15, -0.1) is 0 Å². The van der Waals surface area contributed by atoms with Crippen molar-refractivity contribution in [2.24, 2.45) is 0 Å². The maximum Gasteiger partial charge on any atom is 0.136 e. The molecule has 0 unspecified atom stereocenters. The van der Waals surface area contributed by atoms with Crippen molar-refractivity contribution >= 4 is 82.6 Å². The maximum atomic E-state index is 10.8. The number of aryl methyl sites for hydroxylation is 1. The van der Waals surface area contributed by atoms with Crippen LogP contribution in [-0.4, -0.2) is 9.13 Å². The molecule has 260 valence electrons. The SMILES string of the molecule is N#Cc1ccc(-c2ccc(-n3c4ccccc4c4cc5oc6c(c5cc43)C=CCC6)cc2)c(-n2c3ccccc3c3cc4oc5ccccc5c4cc32)c1C#N. The average molecular weight is 717 g/mol. The number of benzene rings is 7. The molecule has 0 atom stereocenters. The Morgan fingerprint density at radius 1 is 0.518 bits per heavy atom. The second-order valence-corrected chi connectivity index (χ2v) is 14.6. The molecule has 12 rings (SSSR count). The molecular weight excluding hydrogens is 689 g/mol. The van der Waals surface area contributed by atoms with E-state index in [-0.39, 0.29) is 0 Å². The Morgan fingerprint density at radius 2 is 1.18 bits per heavy atom. The largest absolute Gasteiger partial charge is 0.460 e. The van der Waals surface area contributed by atoms with E-state index in [4.69, 9.17) is 8.83 Å². The lowest BCUT2D eigenvalue weighted by Crippen LogP contribution is -2.03. The normalized spacial score (nSPS) is 12.8. The van der Waals surface area contributed by atoms with E-state index < -0.39 is 0 Å². The first-order valence-electron chi connectivity index (χ1n) is 18.8. The third kappa shape index (κ3) is 4.13. The van der Waals surface area contributed by atoms with Crippen molar-refractivity contribution in [1.82, 2.24) is 9.13 Å². The zero-order chi connectivity index (χ0) is 37.1. The highest BCUT2D eigenvalue weighted by Crippen LogP contribution is 2.43. The van der Waals surface area contributed by atoms with Gasteiger partial charge >= 0.3 is 0 Å². The molecule has 7 aromatic carbocycles. The summed E-state index contributed by atoms with van der Waals surface area (Å²) in [5.74, 6) is 1.05. The van der Waals surface area contributed by atoms with Crippen molar-refractivity contribution in [2.45, 2.75) is 12.8 Å². The molecule has 0 radical (unpaired) electrons. The van der Waals surface area contributed by atoms with Crippen LogP contribution in [0.25, 0.3) is 105 Å². The minimum absolute atomic E-state index is 0.330. The van der Waals surface area contributed by atoms with E-state index in [1.54, 1.807) is 6.07 Å². The molecule has 0 N–H and O–H groups in total. The fourth-order valence-electron chi connectivity index (χ4n) is 9.17. The molecule has 6 heteroatoms. The standard InChI is InChI=1S/C50H28N4O2/c51-27-30-19-22-32(50(41(30)28-52)54-43-14-6-2-10-34(43)38-26-49-40(24-45(38)54)36-12-4-8-16-47(36)56-49)29-17-20-31(21-18-29)53-42-13-5-1-9-33(42)37-25-48-39(23-44(37)53)35-11-3-7-15-46(35)55-48/h1-6,8-14,16-26H,7,15H2. The fraction of sp³-hybridized carbons (Fsp3) is 0.0400. The molecule has 1 aliphatic carbocycles. The van der Waals surface area contributed by atoms with Gasteiger partial charge in [0.1, 0.15) is 34.6 Å². The predicted molar refractivity (Wildman–Crippen MR) is 224 cm³/mol. The van der Waals surface area contributed by atoms with E-state index in [1.165, 1.54) is 5.56 Å². The van der Waals surface area contributed by atoms with Crippen LogP contribution in [0.4, 0.5) is 0 Å². The molecule has 0 saturated heterocycles. The molecule has 0 aliphatic heterocycles. The number of nitriles is 2. The van der Waals surface area contributed by atoms with E-state index in [0.29, 0.717) is 16.8 Å². The molecule has 0 saturated carbocycles. The van der Waals surface area contributed by atoms with Crippen LogP contribution in [0, 0.1) is 22.7 Å². The van der Waals surface area contributed by atoms with Gasteiger partial charge in [-0.2, -0.15) is 10.5 Å². The Hall–Kier alpha value is -7.80. The molecule has 56 heavy (non-hydrogen) atoms. The average Bonchev–Trinajstić information content (AvgIpc) is 3.99. The molecule has 4 heterocycles. The molecule has 4 aromatic heterocycles. The summed E-state index contributed by atoms with van der Waals surface area (Å²) in [6, 6.07) is 50.6. The lowest BCUT2D eigenvalue weighted by atomic mass is 9.96. The maximum absolute atomic E-state index is 10.8. The minimum atomic E-state index is 0.330. The van der Waals surface area contributed by atoms with Gasteiger partial charge in [0.2, 0.25) is 0 Å². The minimum Gasteiger partial charge on any atom is -0.460 e. The zero-order valence-electron chi connectivity index (χ0n) is 29.9. The van der Waals surface area contributed by atoms with E-state index in [1.807, 2.05) is 36.4 Å². The van der Waals surface area contributed by atoms with Crippen LogP contribution in [0.1, 0.15) is 28.9 Å². The van der Waals surface area contributed by atoms with Gasteiger partial charge in [0, 0.05) is 60.9 Å². The van der Waals surface area contributed by atoms with E-state index in [9.17, 15) is 10.5 Å². The highest BCUT2D eigenvalue weighted by Gasteiger charge is 2.24. The quantitative estimate of drug-likeness (QED) is 0.182. The Balaban J connectivity index is 1.10. The predicted octanol–water partition coefficient (Wildman–Crippen LogP) is 12.9. The van der Waals surface area contributed by atoms with Gasteiger partial charge in [-0.05, 0) is 72.6 Å². The van der Waals surface area contributed by atoms with Crippen molar-refractivity contribution in [3.05, 3.63) is 162 Å². The number of allylic oxidation sites excluding steroid dienone is 1. The number of hydrogen-bond donors (Lipinski definition) is 0. The van der Waals surface area contributed by atoms with Crippen LogP contribution in [0.2, 0.25) is 0 Å². The second kappa shape index (κ2) is 11.4. The smallest absolute Gasteiger partial charge is 0.136 e. The Bertz CT molecular complexity index is 3610. The van der Waals surface area contributed by atoms with Gasteiger partial charge in [-0.25, -0.2) is 0 Å². The van der Waals surface area contributed by atoms with Gasteiger partial charge < -0.3 is 18.0 Å². The second-order valence-electron chi connectivity index (χ2n) is 14.6. The molecule has 0 amide bonds. The summed E-state index contributed by atoms with van der Waals surface area (Å²) in [5, 5.41) is 28.6. The summed E-state index contributed by atoms with van der Waals surface area (Å²) < 4.78 is 17.2. The third-order valence-electron chi connectivity index (χ3n) is 11.7. The highest BCUT2D eigenvalue weighted by molar-refractivity contribution is 6.18. The Kier molecular flexibility index (Phi) is 6.21. The number of hydrogen-bond acceptors (Lipinski definition) is 4. The van der Waals surface area contributed by atoms with Gasteiger partial charge in [-0.1, -0.05) is 84.9 Å². The number of para-hydroxylation sites is 3. The first kappa shape index (κ1) is 30.6. The fourth-order valence-corrected chi connectivity index (χ4v) is 9.17. The van der Waals surface area contributed by atoms with Crippen LogP contribution in [-0.2, 0) is 6.42 Å². The monoisotopic (exact) mass is 716 g/mol. The third-order valence-corrected chi connectivity index (χ3v) is 11.7. The van der Waals surface area contributed by atoms with Gasteiger partial charge in [0.15, 0.2) is 0 Å². The molecule has 0 bridgehead atoms. The van der Waals surface area contributed by atoms with Crippen molar-refractivity contribution < 1.29 is 8.83 Å². The first-order chi connectivity index (χ1) is 27.7. The summed E-state index contributed by atoms with van der Waals surface area (Å²) >= 11 is 0. The molecule has 11 aromatic rings. The van der Waals surface area contributed by atoms with Gasteiger partial charge in [0.25, 0.3) is 0 Å². The molecule has 0 fully saturated rings. The Morgan fingerprint density at radius 3 is 1.93 bits per heavy atom. The molecular formula is C50H28N4O2. The topological polar surface area (TPSA) is 83.7 Å². The van der Waals surface area contributed by atoms with Gasteiger partial charge in [-0.3, -0.25) is 0 Å². The summed E-state index contributed by atoms with van der Waals surface area (Å²) in [5.41, 5.74) is 12.0.